The first-order chi connectivity index (χ1) is 5.06. The molecule has 1 heterocycles. The van der Waals surface area contributed by atoms with Gasteiger partial charge in [0.25, 0.3) is 5.91 Å². The van der Waals surface area contributed by atoms with E-state index < -0.39 is 5.91 Å². The van der Waals surface area contributed by atoms with Crippen LogP contribution in [0.25, 0.3) is 0 Å². The van der Waals surface area contributed by atoms with Crippen molar-refractivity contribution < 1.29 is 14.3 Å². The summed E-state index contributed by atoms with van der Waals surface area (Å²) in [5, 5.41) is 0.944. The quantitative estimate of drug-likeness (QED) is 0.317. The van der Waals surface area contributed by atoms with Gasteiger partial charge in [-0.05, 0) is 0 Å². The van der Waals surface area contributed by atoms with E-state index in [2.05, 4.69) is 0 Å². The van der Waals surface area contributed by atoms with Gasteiger partial charge in [0, 0.05) is 13.8 Å². The van der Waals surface area contributed by atoms with Crippen LogP contribution in [0.5, 0.6) is 0 Å². The highest BCUT2D eigenvalue weighted by Gasteiger charge is 2.38. The zero-order valence-corrected chi connectivity index (χ0v) is 6.66. The van der Waals surface area contributed by atoms with Gasteiger partial charge in [0.1, 0.15) is 0 Å². The van der Waals surface area contributed by atoms with E-state index in [1.165, 1.54) is 6.92 Å². The van der Waals surface area contributed by atoms with Gasteiger partial charge in [-0.3, -0.25) is 4.79 Å². The maximum atomic E-state index is 10.8. The summed E-state index contributed by atoms with van der Waals surface area (Å²) in [6.07, 6.45) is 0. The molecule has 11 heavy (non-hydrogen) atoms. The second-order valence-corrected chi connectivity index (χ2v) is 2.48. The van der Waals surface area contributed by atoms with Crippen molar-refractivity contribution in [2.45, 2.75) is 19.8 Å². The smallest absolute Gasteiger partial charge is 0.264 e. The third-order valence-electron chi connectivity index (χ3n) is 1.60. The molecule has 0 aromatic heterocycles. The van der Waals surface area contributed by atoms with Gasteiger partial charge < -0.3 is 9.47 Å². The predicted molar refractivity (Wildman–Crippen MR) is 37.0 cm³/mol. The molecule has 2 N–H and O–H groups in total. The number of hydrogen-bond acceptors (Lipinski definition) is 4. The highest BCUT2D eigenvalue weighted by Crippen LogP contribution is 2.20. The van der Waals surface area contributed by atoms with Gasteiger partial charge in [-0.25, -0.2) is 10.9 Å². The molecule has 64 valence electrons. The molecule has 1 fully saturated rings. The van der Waals surface area contributed by atoms with Crippen molar-refractivity contribution in [3.05, 3.63) is 0 Å². The third-order valence-corrected chi connectivity index (χ3v) is 1.60. The number of carbonyl (C=O) groups is 1. The summed E-state index contributed by atoms with van der Waals surface area (Å²) >= 11 is 0. The van der Waals surface area contributed by atoms with Crippen LogP contribution < -0.4 is 5.84 Å². The van der Waals surface area contributed by atoms with E-state index in [0.717, 1.165) is 5.01 Å². The number of rotatable bonds is 1. The van der Waals surface area contributed by atoms with Crippen molar-refractivity contribution in [2.75, 3.05) is 13.2 Å². The standard InChI is InChI=1S/C6H12N2O3/c1-5(9)8(7)6(2)10-3-4-11-6/h3-4,7H2,1-2H3. The molecule has 1 rings (SSSR count). The van der Waals surface area contributed by atoms with E-state index in [1.807, 2.05) is 0 Å². The molecule has 0 aromatic carbocycles. The first-order valence-electron chi connectivity index (χ1n) is 3.40. The van der Waals surface area contributed by atoms with Crippen LogP contribution in [0.4, 0.5) is 0 Å². The minimum atomic E-state index is -1.06. The average molecular weight is 160 g/mol. The van der Waals surface area contributed by atoms with E-state index in [1.54, 1.807) is 6.92 Å². The van der Waals surface area contributed by atoms with E-state index in [0.29, 0.717) is 13.2 Å². The molecule has 5 nitrogen and oxygen atoms in total. The third kappa shape index (κ3) is 1.50. The minimum Gasteiger partial charge on any atom is -0.329 e. The van der Waals surface area contributed by atoms with Crippen molar-refractivity contribution in [1.29, 1.82) is 0 Å². The molecular formula is C6H12N2O3. The number of carbonyl (C=O) groups excluding carboxylic acids is 1. The molecule has 1 amide bonds. The zero-order chi connectivity index (χ0) is 8.48. The Morgan fingerprint density at radius 3 is 2.36 bits per heavy atom. The molecule has 0 spiro atoms. The van der Waals surface area contributed by atoms with Crippen LogP contribution in [-0.2, 0) is 14.3 Å². The lowest BCUT2D eigenvalue weighted by Gasteiger charge is -2.30. The molecule has 0 radical (unpaired) electrons. The lowest BCUT2D eigenvalue weighted by atomic mass is 10.5. The van der Waals surface area contributed by atoms with E-state index in [9.17, 15) is 4.79 Å². The highest BCUT2D eigenvalue weighted by atomic mass is 16.8. The van der Waals surface area contributed by atoms with Gasteiger partial charge >= 0.3 is 0 Å². The van der Waals surface area contributed by atoms with Crippen molar-refractivity contribution in [1.82, 2.24) is 5.01 Å². The van der Waals surface area contributed by atoms with Gasteiger partial charge in [-0.2, -0.15) is 0 Å². The normalized spacial score (nSPS) is 21.7. The number of ether oxygens (including phenoxy) is 2. The SMILES string of the molecule is CC(=O)N(N)C1(C)OCCO1. The summed E-state index contributed by atoms with van der Waals surface area (Å²) in [4.78, 5) is 10.8. The Morgan fingerprint density at radius 2 is 2.00 bits per heavy atom. The van der Waals surface area contributed by atoms with Crippen LogP contribution in [0.15, 0.2) is 0 Å². The Hall–Kier alpha value is -0.650. The molecule has 0 aliphatic carbocycles. The summed E-state index contributed by atoms with van der Waals surface area (Å²) in [6.45, 7) is 3.91. The summed E-state index contributed by atoms with van der Waals surface area (Å²) in [7, 11) is 0. The monoisotopic (exact) mass is 160 g/mol. The molecule has 0 unspecified atom stereocenters. The molecule has 0 saturated carbocycles. The maximum absolute atomic E-state index is 10.8. The van der Waals surface area contributed by atoms with Crippen molar-refractivity contribution in [3.8, 4) is 0 Å². The van der Waals surface area contributed by atoms with E-state index >= 15 is 0 Å². The summed E-state index contributed by atoms with van der Waals surface area (Å²) < 4.78 is 10.2. The Kier molecular flexibility index (Phi) is 2.12. The Labute approximate surface area is 65.0 Å². The number of amides is 1. The van der Waals surface area contributed by atoms with Gasteiger partial charge in [0.15, 0.2) is 0 Å². The summed E-state index contributed by atoms with van der Waals surface area (Å²) in [5.41, 5.74) is 0. The lowest BCUT2D eigenvalue weighted by molar-refractivity contribution is -0.241. The molecule has 0 aromatic rings. The van der Waals surface area contributed by atoms with Crippen LogP contribution in [0.2, 0.25) is 0 Å². The van der Waals surface area contributed by atoms with Gasteiger partial charge in [0.2, 0.25) is 5.91 Å². The molecule has 1 aliphatic rings. The summed E-state index contributed by atoms with van der Waals surface area (Å²) in [6, 6.07) is 0. The second kappa shape index (κ2) is 2.77. The first kappa shape index (κ1) is 8.45. The number of nitrogens with zero attached hydrogens (tertiary/aromatic N) is 1. The van der Waals surface area contributed by atoms with Crippen LogP contribution in [0.1, 0.15) is 13.8 Å². The topological polar surface area (TPSA) is 64.8 Å². The second-order valence-electron chi connectivity index (χ2n) is 2.48. The van der Waals surface area contributed by atoms with Crippen molar-refractivity contribution in [3.63, 3.8) is 0 Å². The fourth-order valence-electron chi connectivity index (χ4n) is 0.929. The number of nitrogens with two attached hydrogens (primary N) is 1. The number of hydrogen-bond donors (Lipinski definition) is 1. The van der Waals surface area contributed by atoms with Gasteiger partial charge in [-0.15, -0.1) is 0 Å². The molecule has 5 heteroatoms. The zero-order valence-electron chi connectivity index (χ0n) is 6.66. The first-order valence-corrected chi connectivity index (χ1v) is 3.40. The van der Waals surface area contributed by atoms with Crippen molar-refractivity contribution in [2.24, 2.45) is 5.84 Å². The largest absolute Gasteiger partial charge is 0.329 e. The maximum Gasteiger partial charge on any atom is 0.264 e. The van der Waals surface area contributed by atoms with Crippen LogP contribution in [0.3, 0.4) is 0 Å². The number of hydrazine groups is 1. The van der Waals surface area contributed by atoms with Crippen LogP contribution in [-0.4, -0.2) is 30.0 Å². The highest BCUT2D eigenvalue weighted by molar-refractivity contribution is 5.72. The average Bonchev–Trinajstić information content (AvgIpc) is 2.35. The Morgan fingerprint density at radius 1 is 1.55 bits per heavy atom. The van der Waals surface area contributed by atoms with Crippen LogP contribution >= 0.6 is 0 Å². The van der Waals surface area contributed by atoms with E-state index in [4.69, 9.17) is 15.3 Å². The van der Waals surface area contributed by atoms with Gasteiger partial charge in [-0.1, -0.05) is 0 Å². The van der Waals surface area contributed by atoms with Crippen LogP contribution in [0, 0.1) is 0 Å². The summed E-state index contributed by atoms with van der Waals surface area (Å²) in [5.74, 6) is 4.04. The Balaban J connectivity index is 2.63. The lowest BCUT2D eigenvalue weighted by Crippen LogP contribution is -2.54. The van der Waals surface area contributed by atoms with Crippen molar-refractivity contribution >= 4 is 5.91 Å². The predicted octanol–water partition coefficient (Wildman–Crippen LogP) is -0.571. The fourth-order valence-corrected chi connectivity index (χ4v) is 0.929. The molecule has 0 bridgehead atoms. The minimum absolute atomic E-state index is 0.283. The van der Waals surface area contributed by atoms with E-state index in [-0.39, 0.29) is 5.91 Å². The molecule has 0 atom stereocenters. The molecular weight excluding hydrogens is 148 g/mol. The molecule has 1 saturated heterocycles. The molecule has 1 aliphatic heterocycles. The fraction of sp³-hybridized carbons (Fsp3) is 0.833. The van der Waals surface area contributed by atoms with Gasteiger partial charge in [0.05, 0.1) is 13.2 Å². The Bertz CT molecular complexity index is 165.